The molecule has 0 amide bonds. The minimum atomic E-state index is -4.35. The monoisotopic (exact) mass is 245 g/mol. The van der Waals surface area contributed by atoms with Gasteiger partial charge in [0, 0.05) is 11.1 Å². The van der Waals surface area contributed by atoms with E-state index in [-0.39, 0.29) is 5.75 Å². The highest BCUT2D eigenvalue weighted by Crippen LogP contribution is 2.31. The van der Waals surface area contributed by atoms with E-state index in [2.05, 4.69) is 5.16 Å². The third kappa shape index (κ3) is 2.51. The molecular formula is C11H10F3NO2. The number of ether oxygens (including phenoxy) is 1. The first kappa shape index (κ1) is 11.8. The third-order valence-electron chi connectivity index (χ3n) is 2.57. The number of halogens is 3. The van der Waals surface area contributed by atoms with E-state index in [0.717, 1.165) is 0 Å². The van der Waals surface area contributed by atoms with Crippen LogP contribution < -0.4 is 4.74 Å². The molecule has 92 valence electrons. The molecule has 0 unspecified atom stereocenters. The summed E-state index contributed by atoms with van der Waals surface area (Å²) in [7, 11) is 0. The van der Waals surface area contributed by atoms with Gasteiger partial charge in [0.15, 0.2) is 6.61 Å². The average Bonchev–Trinajstić information content (AvgIpc) is 2.68. The summed E-state index contributed by atoms with van der Waals surface area (Å²) >= 11 is 0. The van der Waals surface area contributed by atoms with Gasteiger partial charge >= 0.3 is 6.18 Å². The number of oxime groups is 1. The number of benzene rings is 1. The molecule has 0 saturated heterocycles. The quantitative estimate of drug-likeness (QED) is 0.643. The molecule has 0 spiro atoms. The zero-order valence-electron chi connectivity index (χ0n) is 8.79. The zero-order chi connectivity index (χ0) is 12.5. The molecule has 1 aliphatic carbocycles. The molecule has 3 nitrogen and oxygen atoms in total. The second kappa shape index (κ2) is 4.27. The number of rotatable bonds is 2. The van der Waals surface area contributed by atoms with Gasteiger partial charge in [0.25, 0.3) is 0 Å². The highest BCUT2D eigenvalue weighted by molar-refractivity contribution is 6.04. The van der Waals surface area contributed by atoms with E-state index in [1.165, 1.54) is 6.07 Å². The van der Waals surface area contributed by atoms with Crippen LogP contribution in [0.1, 0.15) is 17.5 Å². The second-order valence-electron chi connectivity index (χ2n) is 3.73. The van der Waals surface area contributed by atoms with Crippen LogP contribution in [0.15, 0.2) is 23.4 Å². The summed E-state index contributed by atoms with van der Waals surface area (Å²) in [5.74, 6) is 0.207. The molecule has 1 N–H and O–H groups in total. The Morgan fingerprint density at radius 2 is 2.06 bits per heavy atom. The molecule has 1 aromatic rings. The van der Waals surface area contributed by atoms with Crippen molar-refractivity contribution in [2.45, 2.75) is 19.0 Å². The first-order valence-electron chi connectivity index (χ1n) is 5.04. The summed E-state index contributed by atoms with van der Waals surface area (Å²) in [6, 6.07) is 4.78. The Morgan fingerprint density at radius 3 is 2.71 bits per heavy atom. The van der Waals surface area contributed by atoms with Crippen molar-refractivity contribution < 1.29 is 23.1 Å². The van der Waals surface area contributed by atoms with Crippen molar-refractivity contribution >= 4 is 5.71 Å². The molecule has 17 heavy (non-hydrogen) atoms. The highest BCUT2D eigenvalue weighted by Gasteiger charge is 2.30. The van der Waals surface area contributed by atoms with Crippen molar-refractivity contribution in [3.05, 3.63) is 29.3 Å². The molecule has 6 heteroatoms. The van der Waals surface area contributed by atoms with Crippen LogP contribution in [0.2, 0.25) is 0 Å². The fourth-order valence-corrected chi connectivity index (χ4v) is 1.87. The number of alkyl halides is 3. The van der Waals surface area contributed by atoms with E-state index in [1.54, 1.807) is 12.1 Å². The summed E-state index contributed by atoms with van der Waals surface area (Å²) in [5, 5.41) is 11.8. The standard InChI is InChI=1S/C11H10F3NO2/c12-11(13,14)6-17-10-3-1-2-7-8(10)4-5-9(7)15-16/h1-3,16H,4-6H2. The Labute approximate surface area is 95.5 Å². The summed E-state index contributed by atoms with van der Waals surface area (Å²) in [4.78, 5) is 0. The molecule has 0 aliphatic heterocycles. The van der Waals surface area contributed by atoms with Crippen molar-refractivity contribution in [1.29, 1.82) is 0 Å². The van der Waals surface area contributed by atoms with Crippen molar-refractivity contribution in [2.24, 2.45) is 5.16 Å². The van der Waals surface area contributed by atoms with Crippen molar-refractivity contribution in [3.8, 4) is 5.75 Å². The highest BCUT2D eigenvalue weighted by atomic mass is 19.4. The van der Waals surface area contributed by atoms with E-state index in [9.17, 15) is 13.2 Å². The Morgan fingerprint density at radius 1 is 1.29 bits per heavy atom. The molecule has 1 aromatic carbocycles. The van der Waals surface area contributed by atoms with Gasteiger partial charge in [-0.3, -0.25) is 0 Å². The Bertz CT molecular complexity index is 455. The second-order valence-corrected chi connectivity index (χ2v) is 3.73. The molecule has 0 saturated carbocycles. The van der Waals surface area contributed by atoms with Gasteiger partial charge in [-0.25, -0.2) is 0 Å². The van der Waals surface area contributed by atoms with Gasteiger partial charge in [-0.2, -0.15) is 13.2 Å². The summed E-state index contributed by atoms with van der Waals surface area (Å²) in [5.41, 5.74) is 1.81. The van der Waals surface area contributed by atoms with Crippen LogP contribution in [0.5, 0.6) is 5.75 Å². The van der Waals surface area contributed by atoms with Gasteiger partial charge in [-0.15, -0.1) is 0 Å². The fraction of sp³-hybridized carbons (Fsp3) is 0.364. The van der Waals surface area contributed by atoms with Crippen LogP contribution in [0, 0.1) is 0 Å². The lowest BCUT2D eigenvalue weighted by Crippen LogP contribution is -2.19. The van der Waals surface area contributed by atoms with Crippen molar-refractivity contribution in [1.82, 2.24) is 0 Å². The maximum atomic E-state index is 12.0. The van der Waals surface area contributed by atoms with Crippen LogP contribution in [0.3, 0.4) is 0 Å². The van der Waals surface area contributed by atoms with Crippen LogP contribution in [-0.4, -0.2) is 23.7 Å². The molecule has 2 rings (SSSR count). The Kier molecular flexibility index (Phi) is 2.95. The van der Waals surface area contributed by atoms with E-state index in [1.807, 2.05) is 0 Å². The molecule has 1 aliphatic rings. The van der Waals surface area contributed by atoms with Gasteiger partial charge in [-0.05, 0) is 18.9 Å². The van der Waals surface area contributed by atoms with Crippen LogP contribution >= 0.6 is 0 Å². The maximum absolute atomic E-state index is 12.0. The van der Waals surface area contributed by atoms with Crippen LogP contribution in [0.4, 0.5) is 13.2 Å². The van der Waals surface area contributed by atoms with Crippen molar-refractivity contribution in [3.63, 3.8) is 0 Å². The first-order valence-corrected chi connectivity index (χ1v) is 5.04. The van der Waals surface area contributed by atoms with Crippen LogP contribution in [-0.2, 0) is 6.42 Å². The van der Waals surface area contributed by atoms with Crippen LogP contribution in [0.25, 0.3) is 0 Å². The summed E-state index contributed by atoms with van der Waals surface area (Å²) in [6.07, 6.45) is -3.31. The molecular weight excluding hydrogens is 235 g/mol. The molecule has 0 aromatic heterocycles. The lowest BCUT2D eigenvalue weighted by molar-refractivity contribution is -0.153. The number of hydrogen-bond acceptors (Lipinski definition) is 3. The lowest BCUT2D eigenvalue weighted by Gasteiger charge is -2.12. The van der Waals surface area contributed by atoms with E-state index in [0.29, 0.717) is 29.7 Å². The van der Waals surface area contributed by atoms with Gasteiger partial charge in [0.05, 0.1) is 5.71 Å². The fourth-order valence-electron chi connectivity index (χ4n) is 1.87. The molecule has 0 bridgehead atoms. The predicted octanol–water partition coefficient (Wildman–Crippen LogP) is 2.75. The van der Waals surface area contributed by atoms with E-state index >= 15 is 0 Å². The third-order valence-corrected chi connectivity index (χ3v) is 2.57. The predicted molar refractivity (Wildman–Crippen MR) is 54.6 cm³/mol. The Hall–Kier alpha value is -1.72. The maximum Gasteiger partial charge on any atom is 0.422 e. The number of nitrogens with zero attached hydrogens (tertiary/aromatic N) is 1. The van der Waals surface area contributed by atoms with E-state index < -0.39 is 12.8 Å². The topological polar surface area (TPSA) is 41.8 Å². The number of fused-ring (bicyclic) bond motifs is 1. The smallest absolute Gasteiger partial charge is 0.422 e. The minimum Gasteiger partial charge on any atom is -0.484 e. The number of hydrogen-bond donors (Lipinski definition) is 1. The van der Waals surface area contributed by atoms with Gasteiger partial charge in [0.2, 0.25) is 0 Å². The summed E-state index contributed by atoms with van der Waals surface area (Å²) < 4.78 is 40.9. The molecule has 0 heterocycles. The SMILES string of the molecule is ON=C1CCc2c(OCC(F)(F)F)cccc21. The Balaban J connectivity index is 2.23. The molecule has 0 fully saturated rings. The summed E-state index contributed by atoms with van der Waals surface area (Å²) in [6.45, 7) is -1.31. The molecule has 0 radical (unpaired) electrons. The lowest BCUT2D eigenvalue weighted by atomic mass is 10.1. The minimum absolute atomic E-state index is 0.207. The van der Waals surface area contributed by atoms with E-state index in [4.69, 9.17) is 9.94 Å². The first-order chi connectivity index (χ1) is 8.01. The van der Waals surface area contributed by atoms with Crippen molar-refractivity contribution in [2.75, 3.05) is 6.61 Å². The zero-order valence-corrected chi connectivity index (χ0v) is 8.79. The molecule has 0 atom stereocenters. The van der Waals surface area contributed by atoms with Gasteiger partial charge < -0.3 is 9.94 Å². The van der Waals surface area contributed by atoms with Gasteiger partial charge in [-0.1, -0.05) is 17.3 Å². The normalized spacial score (nSPS) is 17.2. The van der Waals surface area contributed by atoms with Gasteiger partial charge in [0.1, 0.15) is 5.75 Å². The largest absolute Gasteiger partial charge is 0.484 e. The average molecular weight is 245 g/mol.